The Morgan fingerprint density at radius 2 is 1.55 bits per heavy atom. The van der Waals surface area contributed by atoms with Gasteiger partial charge in [0.15, 0.2) is 0 Å². The van der Waals surface area contributed by atoms with Gasteiger partial charge in [0.05, 0.1) is 0 Å². The summed E-state index contributed by atoms with van der Waals surface area (Å²) in [5, 5.41) is 0. The second-order valence-corrected chi connectivity index (χ2v) is 13.4. The van der Waals surface area contributed by atoms with Crippen molar-refractivity contribution in [2.75, 3.05) is 0 Å². The molecule has 4 rings (SSSR count). The summed E-state index contributed by atoms with van der Waals surface area (Å²) in [6, 6.07) is 11.6. The maximum Gasteiger partial charge on any atom is -1.00 e. The summed E-state index contributed by atoms with van der Waals surface area (Å²) in [5.74, 6) is 0. The van der Waals surface area contributed by atoms with E-state index in [0.29, 0.717) is 0 Å². The van der Waals surface area contributed by atoms with Crippen molar-refractivity contribution >= 4 is 3.27 Å². The van der Waals surface area contributed by atoms with Crippen LogP contribution in [0.1, 0.15) is 70.2 Å². The van der Waals surface area contributed by atoms with Crippen molar-refractivity contribution in [3.63, 3.8) is 0 Å². The van der Waals surface area contributed by atoms with E-state index in [1.807, 2.05) is 0 Å². The van der Waals surface area contributed by atoms with Crippen LogP contribution in [0.3, 0.4) is 0 Å². The van der Waals surface area contributed by atoms with Gasteiger partial charge >= 0.3 is 177 Å². The van der Waals surface area contributed by atoms with Gasteiger partial charge < -0.3 is 24.8 Å². The number of hydrogen-bond donors (Lipinski definition) is 0. The van der Waals surface area contributed by atoms with Crippen LogP contribution in [0.25, 0.3) is 11.1 Å². The maximum atomic E-state index is 2.55. The first-order chi connectivity index (χ1) is 12.7. The van der Waals surface area contributed by atoms with Crippen LogP contribution in [-0.2, 0) is 40.5 Å². The molecule has 0 heterocycles. The topological polar surface area (TPSA) is 0 Å². The van der Waals surface area contributed by atoms with E-state index in [1.165, 1.54) is 23.1 Å². The molecule has 0 unspecified atom stereocenters. The van der Waals surface area contributed by atoms with E-state index in [0.717, 1.165) is 6.42 Å². The maximum absolute atomic E-state index is 2.55. The number of rotatable bonds is 2. The molecule has 0 atom stereocenters. The molecule has 0 spiro atoms. The minimum absolute atomic E-state index is 0. The zero-order chi connectivity index (χ0) is 19.4. The van der Waals surface area contributed by atoms with E-state index in [2.05, 4.69) is 90.1 Å². The van der Waals surface area contributed by atoms with Crippen molar-refractivity contribution in [2.45, 2.75) is 65.2 Å². The van der Waals surface area contributed by atoms with Gasteiger partial charge in [-0.3, -0.25) is 0 Å². The van der Waals surface area contributed by atoms with Gasteiger partial charge in [0.1, 0.15) is 0 Å². The molecular weight excluding hydrogens is 474 g/mol. The van der Waals surface area contributed by atoms with E-state index < -0.39 is 23.2 Å². The molecule has 0 N–H and O–H groups in total. The SMILES string of the molecule is CC(C)(C)c1cc2c([c]([Zr+2][C]3=CC=CC3)c1C(C)(C)C)Cc1ccccc1-2.[Cl-].[Cl-]. The number of halogens is 2. The van der Waals surface area contributed by atoms with E-state index in [-0.39, 0.29) is 35.6 Å². The first-order valence-electron chi connectivity index (χ1n) is 10.1. The van der Waals surface area contributed by atoms with Gasteiger partial charge in [0.25, 0.3) is 0 Å². The summed E-state index contributed by atoms with van der Waals surface area (Å²) in [4.78, 5) is 0. The van der Waals surface area contributed by atoms with E-state index in [1.54, 1.807) is 23.2 Å². The third-order valence-electron chi connectivity index (χ3n) is 5.72. The van der Waals surface area contributed by atoms with Gasteiger partial charge in [0.2, 0.25) is 0 Å². The van der Waals surface area contributed by atoms with Crippen LogP contribution < -0.4 is 28.1 Å². The molecule has 0 amide bonds. The molecule has 2 aliphatic rings. The van der Waals surface area contributed by atoms with Crippen molar-refractivity contribution in [1.29, 1.82) is 0 Å². The average Bonchev–Trinajstić information content (AvgIpc) is 3.20. The summed E-state index contributed by atoms with van der Waals surface area (Å²) in [7, 11) is 0. The van der Waals surface area contributed by atoms with E-state index in [9.17, 15) is 0 Å². The summed E-state index contributed by atoms with van der Waals surface area (Å²) >= 11 is -0.807. The second kappa shape index (κ2) is 8.86. The third-order valence-corrected chi connectivity index (χ3v) is 9.40. The van der Waals surface area contributed by atoms with E-state index in [4.69, 9.17) is 0 Å². The van der Waals surface area contributed by atoms with Gasteiger partial charge in [-0.05, 0) is 0 Å². The Morgan fingerprint density at radius 1 is 0.862 bits per heavy atom. The number of hydrogen-bond acceptors (Lipinski definition) is 0. The molecular formula is C26H30Cl2Zr. The standard InChI is InChI=1S/C21H25.C5H5.2ClH.Zr/c1-20(2,3)18-12-15-11-14-9-7-8-10-16(14)17(15)13-19(18)21(4,5)6;1-2-4-5-3-1;;;/h7-10,13H,11H2,1-6H3;1-3H,4H2;2*1H;/q;;;;+2/p-2. The summed E-state index contributed by atoms with van der Waals surface area (Å²) in [6.45, 7) is 14.4. The molecule has 0 nitrogen and oxygen atoms in total. The van der Waals surface area contributed by atoms with Crippen molar-refractivity contribution in [2.24, 2.45) is 0 Å². The smallest absolute Gasteiger partial charge is 1.00 e. The molecule has 0 radical (unpaired) electrons. The monoisotopic (exact) mass is 502 g/mol. The largest absolute Gasteiger partial charge is 1.00 e. The Balaban J connectivity index is 0.00000150. The van der Waals surface area contributed by atoms with Gasteiger partial charge in [-0.15, -0.1) is 0 Å². The van der Waals surface area contributed by atoms with Crippen LogP contribution in [0, 0.1) is 0 Å². The van der Waals surface area contributed by atoms with E-state index >= 15 is 0 Å². The second-order valence-electron chi connectivity index (χ2n) is 9.98. The zero-order valence-electron chi connectivity index (χ0n) is 18.3. The molecule has 0 aliphatic heterocycles. The third kappa shape index (κ3) is 4.68. The van der Waals surface area contributed by atoms with Crippen molar-refractivity contribution in [1.82, 2.24) is 0 Å². The fourth-order valence-corrected chi connectivity index (χ4v) is 8.73. The van der Waals surface area contributed by atoms with Gasteiger partial charge in [-0.25, -0.2) is 0 Å². The molecule has 152 valence electrons. The molecule has 2 aromatic rings. The predicted octanol–water partition coefficient (Wildman–Crippen LogP) is 0.412. The molecule has 0 bridgehead atoms. The zero-order valence-corrected chi connectivity index (χ0v) is 22.3. The summed E-state index contributed by atoms with van der Waals surface area (Å²) in [5.41, 5.74) is 9.70. The normalized spacial score (nSPS) is 14.3. The summed E-state index contributed by atoms with van der Waals surface area (Å²) < 4.78 is 3.48. The fourth-order valence-electron chi connectivity index (χ4n) is 4.48. The molecule has 3 heteroatoms. The Morgan fingerprint density at radius 3 is 2.14 bits per heavy atom. The van der Waals surface area contributed by atoms with Crippen molar-refractivity contribution in [3.05, 3.63) is 74.1 Å². The van der Waals surface area contributed by atoms with Crippen molar-refractivity contribution in [3.8, 4) is 11.1 Å². The fraction of sp³-hybridized carbons (Fsp3) is 0.385. The number of fused-ring (bicyclic) bond motifs is 3. The average molecular weight is 505 g/mol. The van der Waals surface area contributed by atoms with Crippen LogP contribution in [0.5, 0.6) is 0 Å². The Bertz CT molecular complexity index is 969. The van der Waals surface area contributed by atoms with Crippen LogP contribution >= 0.6 is 0 Å². The first-order valence-corrected chi connectivity index (χ1v) is 12.5. The predicted molar refractivity (Wildman–Crippen MR) is 114 cm³/mol. The first kappa shape index (κ1) is 24.7. The van der Waals surface area contributed by atoms with Gasteiger partial charge in [-0.1, -0.05) is 0 Å². The quantitative estimate of drug-likeness (QED) is 0.475. The number of benzene rings is 2. The molecule has 29 heavy (non-hydrogen) atoms. The molecule has 0 fully saturated rings. The Labute approximate surface area is 200 Å². The van der Waals surface area contributed by atoms with Crippen LogP contribution in [0.2, 0.25) is 0 Å². The Kier molecular flexibility index (Phi) is 7.53. The van der Waals surface area contributed by atoms with Gasteiger partial charge in [-0.2, -0.15) is 0 Å². The van der Waals surface area contributed by atoms with Gasteiger partial charge in [0, 0.05) is 0 Å². The molecule has 2 aromatic carbocycles. The minimum atomic E-state index is -0.807. The van der Waals surface area contributed by atoms with Crippen LogP contribution in [0.4, 0.5) is 0 Å². The van der Waals surface area contributed by atoms with Crippen LogP contribution in [-0.4, -0.2) is 0 Å². The molecule has 2 aliphatic carbocycles. The number of allylic oxidation sites excluding steroid dienone is 4. The summed E-state index contributed by atoms with van der Waals surface area (Å²) in [6.07, 6.45) is 9.29. The van der Waals surface area contributed by atoms with Crippen molar-refractivity contribution < 1.29 is 48.0 Å². The minimum Gasteiger partial charge on any atom is -1.00 e. The Hall–Kier alpha value is -0.617. The molecule has 0 aromatic heterocycles. The van der Waals surface area contributed by atoms with Crippen LogP contribution in [0.15, 0.2) is 51.8 Å². The molecule has 0 saturated heterocycles. The molecule has 0 saturated carbocycles.